The maximum absolute atomic E-state index is 13.0. The first kappa shape index (κ1) is 26.3. The largest absolute Gasteiger partial charge is 0.416 e. The summed E-state index contributed by atoms with van der Waals surface area (Å²) in [5.74, 6) is -0.323. The highest BCUT2D eigenvalue weighted by atomic mass is 32.2. The molecule has 0 aliphatic carbocycles. The van der Waals surface area contributed by atoms with E-state index in [0.29, 0.717) is 56.6 Å². The number of hydrogen-bond acceptors (Lipinski definition) is 7. The van der Waals surface area contributed by atoms with Crippen molar-refractivity contribution in [2.75, 3.05) is 39.3 Å². The molecule has 2 aliphatic heterocycles. The number of halogens is 3. The second kappa shape index (κ2) is 10.1. The fourth-order valence-electron chi connectivity index (χ4n) is 4.56. The van der Waals surface area contributed by atoms with Gasteiger partial charge in [-0.1, -0.05) is 6.07 Å². The first-order valence-corrected chi connectivity index (χ1v) is 14.2. The van der Waals surface area contributed by atoms with Gasteiger partial charge in [0.1, 0.15) is 5.69 Å². The minimum absolute atomic E-state index is 0.0742. The molecule has 2 aromatic carbocycles. The van der Waals surface area contributed by atoms with E-state index in [9.17, 15) is 31.2 Å². The standard InChI is InChI=1S/C25H23F3N4O4S2/c26-25(27,28)18-2-1-3-21(12-18)38(35,36)20-6-4-17(5-7-20)23(33)32-13-19(14-32)30-8-10-31(11-9-30)24(34)22-15-37-16-29-22/h1-7,12,15-16,19H,8-11,13-14H2. The topological polar surface area (TPSA) is 90.9 Å². The van der Waals surface area contributed by atoms with Gasteiger partial charge >= 0.3 is 6.18 Å². The number of amides is 2. The van der Waals surface area contributed by atoms with Crippen LogP contribution in [0.1, 0.15) is 26.4 Å². The molecule has 2 saturated heterocycles. The van der Waals surface area contributed by atoms with Gasteiger partial charge in [-0.3, -0.25) is 14.5 Å². The van der Waals surface area contributed by atoms with E-state index >= 15 is 0 Å². The van der Waals surface area contributed by atoms with Crippen LogP contribution < -0.4 is 0 Å². The monoisotopic (exact) mass is 564 g/mol. The minimum atomic E-state index is -4.66. The predicted molar refractivity (Wildman–Crippen MR) is 133 cm³/mol. The lowest BCUT2D eigenvalue weighted by atomic mass is 10.0. The number of thiazole rings is 1. The van der Waals surface area contributed by atoms with Crippen molar-refractivity contribution in [3.8, 4) is 0 Å². The summed E-state index contributed by atoms with van der Waals surface area (Å²) in [6.45, 7) is 3.60. The highest BCUT2D eigenvalue weighted by Crippen LogP contribution is 2.32. The molecule has 0 radical (unpaired) electrons. The predicted octanol–water partition coefficient (Wildman–Crippen LogP) is 3.28. The Morgan fingerprint density at radius 3 is 2.18 bits per heavy atom. The summed E-state index contributed by atoms with van der Waals surface area (Å²) in [5, 5.41) is 1.73. The minimum Gasteiger partial charge on any atom is -0.335 e. The number of carbonyl (C=O) groups is 2. The molecule has 0 unspecified atom stereocenters. The van der Waals surface area contributed by atoms with Crippen LogP contribution in [-0.4, -0.2) is 85.2 Å². The van der Waals surface area contributed by atoms with Gasteiger partial charge in [0.2, 0.25) is 9.84 Å². The number of rotatable bonds is 5. The zero-order chi connectivity index (χ0) is 27.1. The van der Waals surface area contributed by atoms with Crippen LogP contribution in [0, 0.1) is 0 Å². The number of hydrogen-bond donors (Lipinski definition) is 0. The van der Waals surface area contributed by atoms with E-state index in [1.54, 1.807) is 20.7 Å². The van der Waals surface area contributed by atoms with Crippen LogP contribution in [0.5, 0.6) is 0 Å². The Kier molecular flexibility index (Phi) is 7.01. The Labute approximate surface area is 221 Å². The lowest BCUT2D eigenvalue weighted by molar-refractivity contribution is -0.137. The van der Waals surface area contributed by atoms with E-state index in [4.69, 9.17) is 0 Å². The van der Waals surface area contributed by atoms with Crippen molar-refractivity contribution in [3.05, 3.63) is 76.2 Å². The van der Waals surface area contributed by atoms with Crippen molar-refractivity contribution >= 4 is 33.0 Å². The van der Waals surface area contributed by atoms with E-state index < -0.39 is 26.5 Å². The van der Waals surface area contributed by atoms with Gasteiger partial charge in [-0.05, 0) is 42.5 Å². The lowest BCUT2D eigenvalue weighted by Crippen LogP contribution is -2.64. The summed E-state index contributed by atoms with van der Waals surface area (Å²) >= 11 is 1.38. The number of piperazine rings is 1. The molecular weight excluding hydrogens is 541 g/mol. The summed E-state index contributed by atoms with van der Waals surface area (Å²) in [4.78, 5) is 34.4. The molecule has 0 atom stereocenters. The van der Waals surface area contributed by atoms with Gasteiger partial charge in [0.25, 0.3) is 11.8 Å². The highest BCUT2D eigenvalue weighted by Gasteiger charge is 2.37. The molecule has 0 spiro atoms. The van der Waals surface area contributed by atoms with Crippen LogP contribution in [0.25, 0.3) is 0 Å². The van der Waals surface area contributed by atoms with Crippen molar-refractivity contribution in [2.45, 2.75) is 22.0 Å². The average Bonchev–Trinajstić information content (AvgIpc) is 3.42. The number of alkyl halides is 3. The van der Waals surface area contributed by atoms with Gasteiger partial charge in [-0.15, -0.1) is 11.3 Å². The molecule has 8 nitrogen and oxygen atoms in total. The van der Waals surface area contributed by atoms with Crippen LogP contribution in [0.3, 0.4) is 0 Å². The molecule has 2 aliphatic rings. The quantitative estimate of drug-likeness (QED) is 0.473. The number of benzene rings is 2. The summed E-state index contributed by atoms with van der Waals surface area (Å²) in [6.07, 6.45) is -4.66. The number of likely N-dealkylation sites (tertiary alicyclic amines) is 1. The molecule has 1 aromatic heterocycles. The summed E-state index contributed by atoms with van der Waals surface area (Å²) < 4.78 is 64.7. The van der Waals surface area contributed by atoms with E-state index in [1.807, 2.05) is 0 Å². The van der Waals surface area contributed by atoms with Crippen LogP contribution in [0.4, 0.5) is 13.2 Å². The summed E-state index contributed by atoms with van der Waals surface area (Å²) in [5.41, 5.74) is 1.33. The Morgan fingerprint density at radius 1 is 0.895 bits per heavy atom. The third-order valence-corrected chi connectivity index (χ3v) is 9.16. The number of aromatic nitrogens is 1. The molecule has 0 N–H and O–H groups in total. The lowest BCUT2D eigenvalue weighted by Gasteiger charge is -2.48. The molecule has 2 amide bonds. The van der Waals surface area contributed by atoms with E-state index in [-0.39, 0.29) is 22.8 Å². The Bertz CT molecular complexity index is 1430. The zero-order valence-corrected chi connectivity index (χ0v) is 21.6. The van der Waals surface area contributed by atoms with Crippen molar-refractivity contribution in [1.29, 1.82) is 0 Å². The number of sulfone groups is 1. The van der Waals surface area contributed by atoms with Crippen molar-refractivity contribution in [2.24, 2.45) is 0 Å². The van der Waals surface area contributed by atoms with Crippen LogP contribution in [-0.2, 0) is 16.0 Å². The zero-order valence-electron chi connectivity index (χ0n) is 20.0. The first-order chi connectivity index (χ1) is 18.0. The second-order valence-corrected chi connectivity index (χ2v) is 11.8. The van der Waals surface area contributed by atoms with E-state index in [0.717, 1.165) is 18.2 Å². The molecule has 13 heteroatoms. The SMILES string of the molecule is O=C(c1ccc(S(=O)(=O)c2cccc(C(F)(F)F)c2)cc1)N1CC(N2CCN(C(=O)c3cscn3)CC2)C1. The van der Waals surface area contributed by atoms with Gasteiger partial charge in [-0.25, -0.2) is 13.4 Å². The third kappa shape index (κ3) is 5.18. The molecule has 3 aromatic rings. The van der Waals surface area contributed by atoms with Gasteiger partial charge in [0.05, 0.1) is 20.9 Å². The average molecular weight is 565 g/mol. The Balaban J connectivity index is 1.16. The van der Waals surface area contributed by atoms with Gasteiger partial charge in [0, 0.05) is 56.3 Å². The Hall–Kier alpha value is -3.29. The summed E-state index contributed by atoms with van der Waals surface area (Å²) in [6, 6.07) is 8.96. The molecular formula is C25H23F3N4O4S2. The fourth-order valence-corrected chi connectivity index (χ4v) is 6.39. The molecule has 200 valence electrons. The van der Waals surface area contributed by atoms with E-state index in [2.05, 4.69) is 9.88 Å². The molecule has 0 bridgehead atoms. The van der Waals surface area contributed by atoms with Gasteiger partial charge < -0.3 is 9.80 Å². The first-order valence-electron chi connectivity index (χ1n) is 11.8. The van der Waals surface area contributed by atoms with Crippen molar-refractivity contribution < 1.29 is 31.2 Å². The third-order valence-electron chi connectivity index (χ3n) is 6.80. The van der Waals surface area contributed by atoms with Crippen LogP contribution in [0.2, 0.25) is 0 Å². The molecule has 38 heavy (non-hydrogen) atoms. The maximum atomic E-state index is 13.0. The number of carbonyl (C=O) groups excluding carboxylic acids is 2. The maximum Gasteiger partial charge on any atom is 0.416 e. The van der Waals surface area contributed by atoms with E-state index in [1.165, 1.54) is 35.6 Å². The summed E-state index contributed by atoms with van der Waals surface area (Å²) in [7, 11) is -4.19. The molecule has 3 heterocycles. The number of nitrogens with zero attached hydrogens (tertiary/aromatic N) is 4. The molecule has 5 rings (SSSR count). The highest BCUT2D eigenvalue weighted by molar-refractivity contribution is 7.91. The smallest absolute Gasteiger partial charge is 0.335 e. The second-order valence-electron chi connectivity index (χ2n) is 9.12. The molecule has 2 fully saturated rings. The van der Waals surface area contributed by atoms with Crippen LogP contribution in [0.15, 0.2) is 69.2 Å². The van der Waals surface area contributed by atoms with Gasteiger partial charge in [0.15, 0.2) is 0 Å². The van der Waals surface area contributed by atoms with Gasteiger partial charge in [-0.2, -0.15) is 13.2 Å². The molecule has 0 saturated carbocycles. The van der Waals surface area contributed by atoms with Crippen molar-refractivity contribution in [3.63, 3.8) is 0 Å². The van der Waals surface area contributed by atoms with Crippen molar-refractivity contribution in [1.82, 2.24) is 19.7 Å². The Morgan fingerprint density at radius 2 is 1.58 bits per heavy atom. The fraction of sp³-hybridized carbons (Fsp3) is 0.320. The normalized spacial score (nSPS) is 17.3. The van der Waals surface area contributed by atoms with Crippen LogP contribution >= 0.6 is 11.3 Å².